The monoisotopic (exact) mass is 228 g/mol. The summed E-state index contributed by atoms with van der Waals surface area (Å²) in [7, 11) is 0. The lowest BCUT2D eigenvalue weighted by atomic mass is 10.3. The number of aromatic nitrogens is 1. The first-order valence-electron chi connectivity index (χ1n) is 4.55. The zero-order chi connectivity index (χ0) is 11.4. The molecule has 0 aliphatic carbocycles. The van der Waals surface area contributed by atoms with E-state index in [4.69, 9.17) is 5.11 Å². The molecular formula is C9H12N2O3S. The number of carboxylic acid groups (broad SMARTS) is 1. The number of anilines is 1. The Balaban J connectivity index is 2.98. The number of rotatable bonds is 5. The SMILES string of the molecule is CCCNc1nc(C(=O)O)c(C(C)=O)s1. The second-order valence-corrected chi connectivity index (χ2v) is 3.98. The molecule has 0 aliphatic rings. The topological polar surface area (TPSA) is 79.3 Å². The average molecular weight is 228 g/mol. The number of ketones is 1. The third-order valence-corrected chi connectivity index (χ3v) is 2.79. The molecule has 6 heteroatoms. The van der Waals surface area contributed by atoms with E-state index >= 15 is 0 Å². The summed E-state index contributed by atoms with van der Waals surface area (Å²) in [6.45, 7) is 4.04. The van der Waals surface area contributed by atoms with Gasteiger partial charge in [-0.15, -0.1) is 0 Å². The summed E-state index contributed by atoms with van der Waals surface area (Å²) in [6, 6.07) is 0. The van der Waals surface area contributed by atoms with Crippen LogP contribution in [0.15, 0.2) is 0 Å². The maximum absolute atomic E-state index is 11.1. The van der Waals surface area contributed by atoms with Crippen molar-refractivity contribution in [2.45, 2.75) is 20.3 Å². The highest BCUT2D eigenvalue weighted by Gasteiger charge is 2.20. The molecule has 0 fully saturated rings. The van der Waals surface area contributed by atoms with Crippen LogP contribution in [-0.4, -0.2) is 28.4 Å². The van der Waals surface area contributed by atoms with Gasteiger partial charge >= 0.3 is 5.97 Å². The van der Waals surface area contributed by atoms with Gasteiger partial charge in [0.05, 0.1) is 0 Å². The number of aromatic carboxylic acids is 1. The standard InChI is InChI=1S/C9H12N2O3S/c1-3-4-10-9-11-6(8(13)14)7(15-9)5(2)12/h3-4H2,1-2H3,(H,10,11)(H,13,14). The summed E-state index contributed by atoms with van der Waals surface area (Å²) in [5, 5.41) is 12.3. The van der Waals surface area contributed by atoms with E-state index in [9.17, 15) is 9.59 Å². The molecule has 0 bridgehead atoms. The van der Waals surface area contributed by atoms with Crippen molar-refractivity contribution in [1.29, 1.82) is 0 Å². The Morgan fingerprint density at radius 2 is 2.20 bits per heavy atom. The first-order chi connectivity index (χ1) is 7.06. The molecule has 0 radical (unpaired) electrons. The number of hydrogen-bond acceptors (Lipinski definition) is 5. The van der Waals surface area contributed by atoms with Crippen molar-refractivity contribution >= 4 is 28.2 Å². The van der Waals surface area contributed by atoms with Gasteiger partial charge in [-0.2, -0.15) is 0 Å². The Hall–Kier alpha value is -1.43. The summed E-state index contributed by atoms with van der Waals surface area (Å²) in [5.74, 6) is -1.43. The van der Waals surface area contributed by atoms with Gasteiger partial charge < -0.3 is 10.4 Å². The van der Waals surface area contributed by atoms with Gasteiger partial charge in [-0.25, -0.2) is 9.78 Å². The van der Waals surface area contributed by atoms with Gasteiger partial charge in [0.15, 0.2) is 16.6 Å². The number of hydrogen-bond donors (Lipinski definition) is 2. The van der Waals surface area contributed by atoms with Gasteiger partial charge in [-0.1, -0.05) is 18.3 Å². The van der Waals surface area contributed by atoms with Crippen LogP contribution in [0.1, 0.15) is 40.4 Å². The number of nitrogens with zero attached hydrogens (tertiary/aromatic N) is 1. The van der Waals surface area contributed by atoms with Crippen LogP contribution in [-0.2, 0) is 0 Å². The summed E-state index contributed by atoms with van der Waals surface area (Å²) in [4.78, 5) is 26.0. The van der Waals surface area contributed by atoms with Crippen molar-refractivity contribution in [2.24, 2.45) is 0 Å². The largest absolute Gasteiger partial charge is 0.476 e. The second-order valence-electron chi connectivity index (χ2n) is 2.98. The van der Waals surface area contributed by atoms with Gasteiger partial charge in [-0.05, 0) is 6.42 Å². The van der Waals surface area contributed by atoms with Gasteiger partial charge in [0.25, 0.3) is 0 Å². The lowest BCUT2D eigenvalue weighted by Gasteiger charge is -1.96. The summed E-state index contributed by atoms with van der Waals surface area (Å²) >= 11 is 1.08. The smallest absolute Gasteiger partial charge is 0.356 e. The molecule has 15 heavy (non-hydrogen) atoms. The maximum Gasteiger partial charge on any atom is 0.356 e. The van der Waals surface area contributed by atoms with Crippen LogP contribution in [0.2, 0.25) is 0 Å². The van der Waals surface area contributed by atoms with Crippen molar-refractivity contribution in [3.8, 4) is 0 Å². The predicted molar refractivity (Wildman–Crippen MR) is 57.9 cm³/mol. The summed E-state index contributed by atoms with van der Waals surface area (Å²) in [5.41, 5.74) is -0.161. The highest BCUT2D eigenvalue weighted by molar-refractivity contribution is 7.17. The Bertz CT molecular complexity index is 355. The van der Waals surface area contributed by atoms with Crippen molar-refractivity contribution in [3.05, 3.63) is 10.6 Å². The van der Waals surface area contributed by atoms with E-state index in [1.54, 1.807) is 0 Å². The zero-order valence-corrected chi connectivity index (χ0v) is 9.35. The van der Waals surface area contributed by atoms with E-state index in [0.29, 0.717) is 11.7 Å². The third kappa shape index (κ3) is 2.76. The number of Topliss-reactive ketones (excluding diaryl/α,β-unsaturated/α-hetero) is 1. The molecule has 1 heterocycles. The number of carbonyl (C=O) groups excluding carboxylic acids is 1. The molecule has 1 rings (SSSR count). The van der Waals surface area contributed by atoms with Crippen LogP contribution in [0, 0.1) is 0 Å². The predicted octanol–water partition coefficient (Wildman–Crippen LogP) is 1.87. The van der Waals surface area contributed by atoms with Gasteiger partial charge in [0.2, 0.25) is 0 Å². The van der Waals surface area contributed by atoms with E-state index in [1.165, 1.54) is 6.92 Å². The van der Waals surface area contributed by atoms with E-state index in [1.807, 2.05) is 6.92 Å². The van der Waals surface area contributed by atoms with Crippen LogP contribution >= 0.6 is 11.3 Å². The van der Waals surface area contributed by atoms with Crippen molar-refractivity contribution in [2.75, 3.05) is 11.9 Å². The van der Waals surface area contributed by atoms with Gasteiger partial charge in [0, 0.05) is 13.5 Å². The quantitative estimate of drug-likeness (QED) is 0.752. The van der Waals surface area contributed by atoms with Crippen molar-refractivity contribution in [1.82, 2.24) is 4.98 Å². The molecule has 0 aliphatic heterocycles. The molecule has 0 amide bonds. The van der Waals surface area contributed by atoms with E-state index in [0.717, 1.165) is 17.8 Å². The number of nitrogens with one attached hydrogen (secondary N) is 1. The maximum atomic E-state index is 11.1. The van der Waals surface area contributed by atoms with Crippen LogP contribution in [0.25, 0.3) is 0 Å². The molecule has 82 valence electrons. The van der Waals surface area contributed by atoms with Gasteiger partial charge in [0.1, 0.15) is 4.88 Å². The lowest BCUT2D eigenvalue weighted by Crippen LogP contribution is -2.04. The first kappa shape index (κ1) is 11.6. The lowest BCUT2D eigenvalue weighted by molar-refractivity contribution is 0.0687. The molecule has 0 aromatic carbocycles. The molecule has 2 N–H and O–H groups in total. The molecule has 5 nitrogen and oxygen atoms in total. The highest BCUT2D eigenvalue weighted by atomic mass is 32.1. The Kier molecular flexibility index (Phi) is 3.79. The molecule has 0 atom stereocenters. The van der Waals surface area contributed by atoms with Gasteiger partial charge in [-0.3, -0.25) is 4.79 Å². The van der Waals surface area contributed by atoms with Crippen LogP contribution in [0.3, 0.4) is 0 Å². The second kappa shape index (κ2) is 4.88. The Morgan fingerprint density at radius 1 is 1.53 bits per heavy atom. The van der Waals surface area contributed by atoms with Crippen molar-refractivity contribution < 1.29 is 14.7 Å². The highest BCUT2D eigenvalue weighted by Crippen LogP contribution is 2.23. The first-order valence-corrected chi connectivity index (χ1v) is 5.36. The number of carbonyl (C=O) groups is 2. The number of carboxylic acids is 1. The van der Waals surface area contributed by atoms with Crippen LogP contribution in [0.4, 0.5) is 5.13 Å². The van der Waals surface area contributed by atoms with Crippen LogP contribution in [0.5, 0.6) is 0 Å². The zero-order valence-electron chi connectivity index (χ0n) is 8.53. The fourth-order valence-electron chi connectivity index (χ4n) is 1.01. The molecule has 0 spiro atoms. The van der Waals surface area contributed by atoms with Crippen molar-refractivity contribution in [3.63, 3.8) is 0 Å². The van der Waals surface area contributed by atoms with E-state index < -0.39 is 5.97 Å². The fourth-order valence-corrected chi connectivity index (χ4v) is 1.89. The molecule has 1 aromatic heterocycles. The Labute approximate surface area is 91.1 Å². The minimum absolute atomic E-state index is 0.161. The summed E-state index contributed by atoms with van der Waals surface area (Å²) < 4.78 is 0. The Morgan fingerprint density at radius 3 is 2.60 bits per heavy atom. The molecule has 1 aromatic rings. The third-order valence-electron chi connectivity index (χ3n) is 1.68. The van der Waals surface area contributed by atoms with E-state index in [2.05, 4.69) is 10.3 Å². The number of thiazole rings is 1. The fraction of sp³-hybridized carbons (Fsp3) is 0.444. The minimum Gasteiger partial charge on any atom is -0.476 e. The summed E-state index contributed by atoms with van der Waals surface area (Å²) in [6.07, 6.45) is 0.914. The van der Waals surface area contributed by atoms with E-state index in [-0.39, 0.29) is 16.4 Å². The average Bonchev–Trinajstić information content (AvgIpc) is 2.58. The minimum atomic E-state index is -1.17. The molecule has 0 saturated heterocycles. The molecular weight excluding hydrogens is 216 g/mol. The molecule has 0 unspecified atom stereocenters. The van der Waals surface area contributed by atoms with Crippen LogP contribution < -0.4 is 5.32 Å². The normalized spacial score (nSPS) is 10.0. The molecule has 0 saturated carbocycles.